The molecule has 3 aromatic rings. The number of aryl methyl sites for hydroxylation is 2. The summed E-state index contributed by atoms with van der Waals surface area (Å²) in [6, 6.07) is 8.01. The van der Waals surface area contributed by atoms with Crippen LogP contribution in [0.5, 0.6) is 0 Å². The fourth-order valence-electron chi connectivity index (χ4n) is 2.15. The first kappa shape index (κ1) is 12.6. The molecule has 0 fully saturated rings. The highest BCUT2D eigenvalue weighted by molar-refractivity contribution is 9.10. The second-order valence-electron chi connectivity index (χ2n) is 4.38. The fourth-order valence-corrected chi connectivity index (χ4v) is 3.42. The van der Waals surface area contributed by atoms with Crippen LogP contribution in [0.2, 0.25) is 0 Å². The number of halogens is 1. The zero-order valence-corrected chi connectivity index (χ0v) is 12.9. The SMILES string of the molecule is Cc1sc2ncn(C)c(=O)c2c1-c1ccc(Br)cc1. The molecule has 0 radical (unpaired) electrons. The van der Waals surface area contributed by atoms with Crippen molar-refractivity contribution < 1.29 is 0 Å². The lowest BCUT2D eigenvalue weighted by molar-refractivity contribution is 0.845. The van der Waals surface area contributed by atoms with E-state index in [9.17, 15) is 4.79 Å². The van der Waals surface area contributed by atoms with Crippen molar-refractivity contribution in [2.24, 2.45) is 7.05 Å². The van der Waals surface area contributed by atoms with E-state index in [4.69, 9.17) is 0 Å². The van der Waals surface area contributed by atoms with E-state index in [0.29, 0.717) is 0 Å². The molecule has 0 amide bonds. The quantitative estimate of drug-likeness (QED) is 0.679. The molecule has 19 heavy (non-hydrogen) atoms. The van der Waals surface area contributed by atoms with Crippen molar-refractivity contribution in [3.8, 4) is 11.1 Å². The number of thiophene rings is 1. The van der Waals surface area contributed by atoms with Gasteiger partial charge in [-0.2, -0.15) is 0 Å². The predicted octanol–water partition coefficient (Wildman–Crippen LogP) is 3.73. The van der Waals surface area contributed by atoms with Gasteiger partial charge in [-0.1, -0.05) is 28.1 Å². The van der Waals surface area contributed by atoms with Gasteiger partial charge in [0, 0.05) is 22.0 Å². The van der Waals surface area contributed by atoms with Gasteiger partial charge >= 0.3 is 0 Å². The van der Waals surface area contributed by atoms with E-state index in [1.165, 1.54) is 4.57 Å². The smallest absolute Gasteiger partial charge is 0.262 e. The zero-order chi connectivity index (χ0) is 13.6. The minimum Gasteiger partial charge on any atom is -0.302 e. The predicted molar refractivity (Wildman–Crippen MR) is 82.7 cm³/mol. The largest absolute Gasteiger partial charge is 0.302 e. The maximum atomic E-state index is 12.3. The van der Waals surface area contributed by atoms with Gasteiger partial charge in [-0.25, -0.2) is 4.98 Å². The lowest BCUT2D eigenvalue weighted by Crippen LogP contribution is -2.16. The summed E-state index contributed by atoms with van der Waals surface area (Å²) >= 11 is 4.99. The molecule has 96 valence electrons. The Morgan fingerprint density at radius 1 is 1.26 bits per heavy atom. The normalized spacial score (nSPS) is 11.1. The lowest BCUT2D eigenvalue weighted by atomic mass is 10.0. The third-order valence-electron chi connectivity index (χ3n) is 3.08. The van der Waals surface area contributed by atoms with Gasteiger partial charge in [0.05, 0.1) is 11.7 Å². The Hall–Kier alpha value is -1.46. The molecule has 3 rings (SSSR count). The molecule has 0 aliphatic rings. The molecule has 0 aliphatic heterocycles. The van der Waals surface area contributed by atoms with Crippen LogP contribution < -0.4 is 5.56 Å². The van der Waals surface area contributed by atoms with Crippen LogP contribution in [0.4, 0.5) is 0 Å². The maximum Gasteiger partial charge on any atom is 0.262 e. The monoisotopic (exact) mass is 334 g/mol. The molecular formula is C14H11BrN2OS. The third-order valence-corrected chi connectivity index (χ3v) is 4.62. The lowest BCUT2D eigenvalue weighted by Gasteiger charge is -2.03. The number of aromatic nitrogens is 2. The third kappa shape index (κ3) is 2.03. The van der Waals surface area contributed by atoms with Crippen molar-refractivity contribution >= 4 is 37.5 Å². The second-order valence-corrected chi connectivity index (χ2v) is 6.50. The van der Waals surface area contributed by atoms with Gasteiger partial charge in [0.25, 0.3) is 5.56 Å². The van der Waals surface area contributed by atoms with E-state index in [-0.39, 0.29) is 5.56 Å². The molecule has 0 atom stereocenters. The highest BCUT2D eigenvalue weighted by Gasteiger charge is 2.15. The van der Waals surface area contributed by atoms with E-state index in [2.05, 4.69) is 20.9 Å². The minimum atomic E-state index is 0.00673. The summed E-state index contributed by atoms with van der Waals surface area (Å²) < 4.78 is 2.55. The number of benzene rings is 1. The van der Waals surface area contributed by atoms with E-state index in [1.54, 1.807) is 24.7 Å². The average molecular weight is 335 g/mol. The van der Waals surface area contributed by atoms with Crippen molar-refractivity contribution in [2.75, 3.05) is 0 Å². The summed E-state index contributed by atoms with van der Waals surface area (Å²) in [6.07, 6.45) is 1.58. The highest BCUT2D eigenvalue weighted by atomic mass is 79.9. The number of hydrogen-bond acceptors (Lipinski definition) is 3. The maximum absolute atomic E-state index is 12.3. The van der Waals surface area contributed by atoms with Crippen LogP contribution in [0.15, 0.2) is 39.9 Å². The van der Waals surface area contributed by atoms with Crippen molar-refractivity contribution in [2.45, 2.75) is 6.92 Å². The van der Waals surface area contributed by atoms with Crippen LogP contribution in [-0.4, -0.2) is 9.55 Å². The molecule has 0 unspecified atom stereocenters. The van der Waals surface area contributed by atoms with E-state index >= 15 is 0 Å². The Morgan fingerprint density at radius 3 is 2.63 bits per heavy atom. The van der Waals surface area contributed by atoms with Gasteiger partial charge in [-0.15, -0.1) is 11.3 Å². The Balaban J connectivity index is 2.40. The molecule has 5 heteroatoms. The van der Waals surface area contributed by atoms with Gasteiger partial charge in [0.15, 0.2) is 0 Å². The van der Waals surface area contributed by atoms with Gasteiger partial charge in [0.1, 0.15) is 4.83 Å². The number of hydrogen-bond donors (Lipinski definition) is 0. The summed E-state index contributed by atoms with van der Waals surface area (Å²) in [6.45, 7) is 2.03. The first-order valence-corrected chi connectivity index (χ1v) is 7.39. The van der Waals surface area contributed by atoms with Gasteiger partial charge in [0.2, 0.25) is 0 Å². The van der Waals surface area contributed by atoms with Crippen molar-refractivity contribution in [1.82, 2.24) is 9.55 Å². The summed E-state index contributed by atoms with van der Waals surface area (Å²) in [7, 11) is 1.73. The molecule has 0 saturated heterocycles. The summed E-state index contributed by atoms with van der Waals surface area (Å²) in [5, 5.41) is 0.717. The Labute approximate surface area is 122 Å². The molecule has 0 saturated carbocycles. The summed E-state index contributed by atoms with van der Waals surface area (Å²) in [5.74, 6) is 0. The van der Waals surface area contributed by atoms with Crippen LogP contribution in [0.3, 0.4) is 0 Å². The van der Waals surface area contributed by atoms with Crippen molar-refractivity contribution in [3.05, 3.63) is 50.3 Å². The van der Waals surface area contributed by atoms with Gasteiger partial charge in [-0.3, -0.25) is 4.79 Å². The standard InChI is InChI=1S/C14H11BrN2OS/c1-8-11(9-3-5-10(15)6-4-9)12-13(19-8)16-7-17(2)14(12)18/h3-7H,1-2H3. The molecule has 2 heterocycles. The van der Waals surface area contributed by atoms with E-state index in [1.807, 2.05) is 31.2 Å². The van der Waals surface area contributed by atoms with Crippen LogP contribution in [0.1, 0.15) is 4.88 Å². The Kier molecular flexibility index (Phi) is 3.03. The van der Waals surface area contributed by atoms with Crippen LogP contribution >= 0.6 is 27.3 Å². The van der Waals surface area contributed by atoms with Crippen molar-refractivity contribution in [3.63, 3.8) is 0 Å². The molecule has 3 nitrogen and oxygen atoms in total. The van der Waals surface area contributed by atoms with Crippen LogP contribution in [0, 0.1) is 6.92 Å². The molecule has 0 spiro atoms. The molecule has 0 bridgehead atoms. The molecule has 1 aromatic carbocycles. The van der Waals surface area contributed by atoms with E-state index in [0.717, 1.165) is 30.7 Å². The van der Waals surface area contributed by atoms with Gasteiger partial charge < -0.3 is 4.57 Å². The first-order valence-electron chi connectivity index (χ1n) is 5.78. The summed E-state index contributed by atoms with van der Waals surface area (Å²) in [5.41, 5.74) is 2.06. The fraction of sp³-hybridized carbons (Fsp3) is 0.143. The molecule has 0 aliphatic carbocycles. The minimum absolute atomic E-state index is 0.00673. The number of fused-ring (bicyclic) bond motifs is 1. The van der Waals surface area contributed by atoms with Crippen LogP contribution in [0.25, 0.3) is 21.3 Å². The zero-order valence-electron chi connectivity index (χ0n) is 10.5. The second kappa shape index (κ2) is 4.58. The molecule has 2 aromatic heterocycles. The first-order chi connectivity index (χ1) is 9.08. The highest BCUT2D eigenvalue weighted by Crippen LogP contribution is 2.35. The van der Waals surface area contributed by atoms with Crippen LogP contribution in [-0.2, 0) is 7.05 Å². The topological polar surface area (TPSA) is 34.9 Å². The number of rotatable bonds is 1. The molecule has 0 N–H and O–H groups in total. The number of nitrogens with zero attached hydrogens (tertiary/aromatic N) is 2. The van der Waals surface area contributed by atoms with Crippen molar-refractivity contribution in [1.29, 1.82) is 0 Å². The molecular weight excluding hydrogens is 324 g/mol. The van der Waals surface area contributed by atoms with Gasteiger partial charge in [-0.05, 0) is 24.6 Å². The Bertz CT molecular complexity index is 818. The average Bonchev–Trinajstić information content (AvgIpc) is 2.72. The summed E-state index contributed by atoms with van der Waals surface area (Å²) in [4.78, 5) is 18.6. The Morgan fingerprint density at radius 2 is 1.95 bits per heavy atom. The van der Waals surface area contributed by atoms with E-state index < -0.39 is 0 Å².